The summed E-state index contributed by atoms with van der Waals surface area (Å²) in [5.41, 5.74) is 0.662. The molecule has 0 saturated carbocycles. The standard InChI is InChI=1S/C18H23N3O3S/c1-18(2,13-19)17(22)20-10-5-7-15(12-20)25(23,24)21-11-9-14-6-3-4-8-16(14)21/h3-4,6,8,15H,5,7,9-12H2,1-2H3. The van der Waals surface area contributed by atoms with Crippen molar-refractivity contribution in [2.45, 2.75) is 38.4 Å². The summed E-state index contributed by atoms with van der Waals surface area (Å²) in [4.78, 5) is 14.1. The first-order chi connectivity index (χ1) is 11.8. The fraction of sp³-hybridized carbons (Fsp3) is 0.556. The van der Waals surface area contributed by atoms with E-state index in [9.17, 15) is 18.5 Å². The topological polar surface area (TPSA) is 81.5 Å². The molecule has 134 valence electrons. The van der Waals surface area contributed by atoms with Gasteiger partial charge in [0.2, 0.25) is 15.9 Å². The van der Waals surface area contributed by atoms with E-state index < -0.39 is 20.7 Å². The van der Waals surface area contributed by atoms with Crippen molar-refractivity contribution in [3.63, 3.8) is 0 Å². The van der Waals surface area contributed by atoms with Crippen LogP contribution in [-0.2, 0) is 21.2 Å². The molecule has 0 aliphatic carbocycles. The first-order valence-corrected chi connectivity index (χ1v) is 10.1. The molecule has 0 bridgehead atoms. The van der Waals surface area contributed by atoms with Crippen LogP contribution >= 0.6 is 0 Å². The Balaban J connectivity index is 1.82. The third kappa shape index (κ3) is 3.11. The molecule has 1 fully saturated rings. The summed E-state index contributed by atoms with van der Waals surface area (Å²) in [5, 5.41) is 8.56. The van der Waals surface area contributed by atoms with E-state index in [4.69, 9.17) is 0 Å². The molecule has 3 rings (SSSR count). The summed E-state index contributed by atoms with van der Waals surface area (Å²) in [6.45, 7) is 4.27. The number of hydrogen-bond acceptors (Lipinski definition) is 4. The van der Waals surface area contributed by atoms with E-state index in [0.717, 1.165) is 11.3 Å². The number of carbonyl (C=O) groups is 1. The number of piperidine rings is 1. The molecule has 1 unspecified atom stereocenters. The molecule has 1 aromatic rings. The Hall–Kier alpha value is -2.07. The number of anilines is 1. The Bertz CT molecular complexity index is 826. The first-order valence-electron chi connectivity index (χ1n) is 8.57. The molecule has 0 radical (unpaired) electrons. The largest absolute Gasteiger partial charge is 0.340 e. The minimum absolute atomic E-state index is 0.158. The Morgan fingerprint density at radius 3 is 2.72 bits per heavy atom. The molecule has 1 amide bonds. The highest BCUT2D eigenvalue weighted by Crippen LogP contribution is 2.33. The van der Waals surface area contributed by atoms with E-state index in [1.165, 1.54) is 9.21 Å². The molecule has 0 aromatic heterocycles. The lowest BCUT2D eigenvalue weighted by Crippen LogP contribution is -2.52. The fourth-order valence-corrected chi connectivity index (χ4v) is 5.55. The van der Waals surface area contributed by atoms with Crippen molar-refractivity contribution in [2.24, 2.45) is 5.41 Å². The molecule has 1 aromatic carbocycles. The van der Waals surface area contributed by atoms with Crippen molar-refractivity contribution in [3.8, 4) is 6.07 Å². The van der Waals surface area contributed by atoms with E-state index in [-0.39, 0.29) is 12.5 Å². The zero-order chi connectivity index (χ0) is 18.2. The van der Waals surface area contributed by atoms with Crippen molar-refractivity contribution in [1.29, 1.82) is 5.26 Å². The number of hydrogen-bond donors (Lipinski definition) is 0. The lowest BCUT2D eigenvalue weighted by atomic mass is 9.93. The molecule has 25 heavy (non-hydrogen) atoms. The summed E-state index contributed by atoms with van der Waals surface area (Å²) in [6.07, 6.45) is 1.89. The zero-order valence-corrected chi connectivity index (χ0v) is 15.4. The number of likely N-dealkylation sites (tertiary alicyclic amines) is 1. The molecule has 0 N–H and O–H groups in total. The van der Waals surface area contributed by atoms with Gasteiger partial charge in [-0.25, -0.2) is 8.42 Å². The van der Waals surface area contributed by atoms with E-state index >= 15 is 0 Å². The van der Waals surface area contributed by atoms with Crippen LogP contribution in [0.25, 0.3) is 0 Å². The summed E-state index contributed by atoms with van der Waals surface area (Å²) in [5.74, 6) is -0.295. The van der Waals surface area contributed by atoms with Crippen molar-refractivity contribution >= 4 is 21.6 Å². The van der Waals surface area contributed by atoms with Crippen LogP contribution in [0.4, 0.5) is 5.69 Å². The lowest BCUT2D eigenvalue weighted by molar-refractivity contribution is -0.138. The van der Waals surface area contributed by atoms with Crippen LogP contribution in [0, 0.1) is 16.7 Å². The SMILES string of the molecule is CC(C)(C#N)C(=O)N1CCCC(S(=O)(=O)N2CCc3ccccc32)C1. The quantitative estimate of drug-likeness (QED) is 0.824. The van der Waals surface area contributed by atoms with Gasteiger partial charge < -0.3 is 4.90 Å². The average molecular weight is 361 g/mol. The second-order valence-corrected chi connectivity index (χ2v) is 9.39. The Labute approximate surface area is 149 Å². The predicted octanol–water partition coefficient (Wildman–Crippen LogP) is 1.92. The second kappa shape index (κ2) is 6.34. The van der Waals surface area contributed by atoms with Crippen LogP contribution in [0.1, 0.15) is 32.3 Å². The Morgan fingerprint density at radius 2 is 2.00 bits per heavy atom. The first kappa shape index (κ1) is 17.7. The normalized spacial score (nSPS) is 20.9. The van der Waals surface area contributed by atoms with Gasteiger partial charge in [-0.05, 0) is 44.7 Å². The number of carbonyl (C=O) groups excluding carboxylic acids is 1. The molecule has 7 heteroatoms. The van der Waals surface area contributed by atoms with Crippen molar-refractivity contribution in [2.75, 3.05) is 23.9 Å². The van der Waals surface area contributed by atoms with Crippen LogP contribution in [0.5, 0.6) is 0 Å². The lowest BCUT2D eigenvalue weighted by Gasteiger charge is -2.37. The Kier molecular flexibility index (Phi) is 4.50. The smallest absolute Gasteiger partial charge is 0.242 e. The van der Waals surface area contributed by atoms with Gasteiger partial charge in [-0.1, -0.05) is 18.2 Å². The van der Waals surface area contributed by atoms with E-state index in [2.05, 4.69) is 0 Å². The number of para-hydroxylation sites is 1. The zero-order valence-electron chi connectivity index (χ0n) is 14.6. The van der Waals surface area contributed by atoms with Gasteiger partial charge in [-0.3, -0.25) is 9.10 Å². The number of amides is 1. The molecule has 0 spiro atoms. The summed E-state index contributed by atoms with van der Waals surface area (Å²) in [6, 6.07) is 9.56. The highest BCUT2D eigenvalue weighted by molar-refractivity contribution is 7.93. The number of fused-ring (bicyclic) bond motifs is 1. The van der Waals surface area contributed by atoms with Crippen molar-refractivity contribution in [3.05, 3.63) is 29.8 Å². The average Bonchev–Trinajstić information content (AvgIpc) is 3.06. The number of rotatable bonds is 3. The van der Waals surface area contributed by atoms with Gasteiger partial charge >= 0.3 is 0 Å². The minimum atomic E-state index is -3.54. The molecule has 1 saturated heterocycles. The summed E-state index contributed by atoms with van der Waals surface area (Å²) >= 11 is 0. The molecule has 2 aliphatic heterocycles. The second-order valence-electron chi connectivity index (χ2n) is 7.25. The third-order valence-electron chi connectivity index (χ3n) is 5.05. The monoisotopic (exact) mass is 361 g/mol. The highest BCUT2D eigenvalue weighted by atomic mass is 32.2. The van der Waals surface area contributed by atoms with Gasteiger partial charge in [0.25, 0.3) is 0 Å². The van der Waals surface area contributed by atoms with Gasteiger partial charge in [0.15, 0.2) is 0 Å². The number of nitrogens with zero attached hydrogens (tertiary/aromatic N) is 3. The summed E-state index contributed by atoms with van der Waals surface area (Å²) < 4.78 is 27.8. The van der Waals surface area contributed by atoms with Crippen molar-refractivity contribution < 1.29 is 13.2 Å². The fourth-order valence-electron chi connectivity index (χ4n) is 3.56. The number of nitriles is 1. The summed E-state index contributed by atoms with van der Waals surface area (Å²) in [7, 11) is -3.54. The molecule has 1 atom stereocenters. The third-order valence-corrected chi connectivity index (χ3v) is 7.27. The molecule has 2 heterocycles. The molecule has 2 aliphatic rings. The van der Waals surface area contributed by atoms with E-state index in [1.54, 1.807) is 13.8 Å². The van der Waals surface area contributed by atoms with Gasteiger partial charge in [-0.2, -0.15) is 5.26 Å². The minimum Gasteiger partial charge on any atom is -0.340 e. The maximum absolute atomic E-state index is 13.2. The van der Waals surface area contributed by atoms with Crippen LogP contribution in [0.15, 0.2) is 24.3 Å². The van der Waals surface area contributed by atoms with E-state index in [1.807, 2.05) is 30.3 Å². The maximum atomic E-state index is 13.2. The van der Waals surface area contributed by atoms with Crippen molar-refractivity contribution in [1.82, 2.24) is 4.90 Å². The van der Waals surface area contributed by atoms with E-state index in [0.29, 0.717) is 32.4 Å². The maximum Gasteiger partial charge on any atom is 0.242 e. The predicted molar refractivity (Wildman–Crippen MR) is 95.4 cm³/mol. The highest BCUT2D eigenvalue weighted by Gasteiger charge is 2.41. The van der Waals surface area contributed by atoms with Crippen LogP contribution in [0.3, 0.4) is 0 Å². The number of sulfonamides is 1. The van der Waals surface area contributed by atoms with Crippen LogP contribution < -0.4 is 4.31 Å². The number of benzene rings is 1. The molecular weight excluding hydrogens is 338 g/mol. The molecular formula is C18H23N3O3S. The van der Waals surface area contributed by atoms with Gasteiger partial charge in [0.1, 0.15) is 5.41 Å². The van der Waals surface area contributed by atoms with Gasteiger partial charge in [-0.15, -0.1) is 0 Å². The van der Waals surface area contributed by atoms with Gasteiger partial charge in [0, 0.05) is 19.6 Å². The molecule has 6 nitrogen and oxygen atoms in total. The Morgan fingerprint density at radius 1 is 1.28 bits per heavy atom. The van der Waals surface area contributed by atoms with Crippen LogP contribution in [-0.4, -0.2) is 44.1 Å². The van der Waals surface area contributed by atoms with Gasteiger partial charge in [0.05, 0.1) is 17.0 Å². The van der Waals surface area contributed by atoms with Crippen LogP contribution in [0.2, 0.25) is 0 Å².